The van der Waals surface area contributed by atoms with Crippen LogP contribution in [0.1, 0.15) is 206 Å². The molecule has 20 nitrogen and oxygen atoms in total. The summed E-state index contributed by atoms with van der Waals surface area (Å²) in [5.74, 6) is -6.04. The number of cyclic esters (lactones) is 4. The van der Waals surface area contributed by atoms with E-state index in [2.05, 4.69) is 38.2 Å². The summed E-state index contributed by atoms with van der Waals surface area (Å²) in [5.41, 5.74) is -2.91. The number of aliphatic hydroxyl groups excluding tert-OH is 2. The molecule has 23 heteroatoms. The Kier molecular flexibility index (Phi) is 42.5. The summed E-state index contributed by atoms with van der Waals surface area (Å²) in [5, 5.41) is 15.2. The number of ether oxygens (including phenoxy) is 6. The number of aliphatic hydroxyl groups is 2. The Bertz CT molecular complexity index is 1820. The van der Waals surface area contributed by atoms with Crippen molar-refractivity contribution in [3.8, 4) is 0 Å². The molecule has 0 radical (unpaired) electrons. The van der Waals surface area contributed by atoms with E-state index < -0.39 is 143 Å². The van der Waals surface area contributed by atoms with Crippen LogP contribution in [0.25, 0.3) is 0 Å². The number of carbonyl (C=O) groups is 6. The third-order valence-corrected chi connectivity index (χ3v) is 15.2. The predicted octanol–water partition coefficient (Wildman–Crippen LogP) is 7.52. The molecule has 0 spiro atoms. The number of allylic oxidation sites excluding steroid dienone is 4. The summed E-state index contributed by atoms with van der Waals surface area (Å²) in [6.07, 6.45) is 37.1. The third kappa shape index (κ3) is 36.3. The summed E-state index contributed by atoms with van der Waals surface area (Å²) in [6, 6.07) is 0. The Morgan fingerprint density at radius 2 is 0.766 bits per heavy atom. The SMILES string of the molecule is CCCCCCCC/C=C\CCCCCCCC(=O)OCC1(CO)COC(=O)CC(S(=O)(=O)[O-])C(=O)OC1.CCCCCCCC/C=C\CCCCCCCC(=O)OCC1(CO)COC(=O)CC(S(=O)(=O)[O-])C(=O)OC1.[Ca+2]. The van der Waals surface area contributed by atoms with Crippen molar-refractivity contribution in [2.75, 3.05) is 52.9 Å². The number of rotatable bonds is 38. The van der Waals surface area contributed by atoms with Gasteiger partial charge in [-0.3, -0.25) is 28.8 Å². The zero-order chi connectivity index (χ0) is 56.6. The first kappa shape index (κ1) is 74.3. The molecule has 4 unspecified atom stereocenters. The minimum atomic E-state index is -5.14. The first-order valence-electron chi connectivity index (χ1n) is 27.6. The molecule has 0 bridgehead atoms. The van der Waals surface area contributed by atoms with Gasteiger partial charge in [0.25, 0.3) is 0 Å². The van der Waals surface area contributed by atoms with E-state index in [0.717, 1.165) is 77.0 Å². The number of esters is 6. The number of carbonyl (C=O) groups excluding carboxylic acids is 6. The zero-order valence-corrected chi connectivity index (χ0v) is 49.9. The fraction of sp³-hybridized carbons (Fsp3) is 0.815. The van der Waals surface area contributed by atoms with Gasteiger partial charge >= 0.3 is 73.6 Å². The van der Waals surface area contributed by atoms with Crippen LogP contribution in [-0.2, 0) is 77.4 Å². The molecule has 0 aromatic heterocycles. The molecule has 440 valence electrons. The van der Waals surface area contributed by atoms with E-state index >= 15 is 0 Å². The molecule has 77 heavy (non-hydrogen) atoms. The molecule has 4 atom stereocenters. The normalized spacial score (nSPS) is 20.6. The molecule has 2 rings (SSSR count). The summed E-state index contributed by atoms with van der Waals surface area (Å²) in [4.78, 5) is 72.1. The Balaban J connectivity index is 0.00000148. The topological polar surface area (TPSA) is 313 Å². The first-order chi connectivity index (χ1) is 36.3. The average molecular weight is 1160 g/mol. The van der Waals surface area contributed by atoms with Gasteiger partial charge in [-0.05, 0) is 64.2 Å². The molecule has 0 amide bonds. The maximum absolute atomic E-state index is 12.2. The van der Waals surface area contributed by atoms with Crippen LogP contribution in [-0.4, -0.2) is 173 Å². The third-order valence-electron chi connectivity index (χ3n) is 13.1. The van der Waals surface area contributed by atoms with Gasteiger partial charge in [-0.2, -0.15) is 0 Å². The Hall–Kier alpha value is -2.70. The summed E-state index contributed by atoms with van der Waals surface area (Å²) in [7, 11) is -10.3. The van der Waals surface area contributed by atoms with Gasteiger partial charge in [0.15, 0.2) is 10.5 Å². The van der Waals surface area contributed by atoms with Crippen LogP contribution in [0, 0.1) is 10.8 Å². The molecule has 2 fully saturated rings. The van der Waals surface area contributed by atoms with Crippen LogP contribution < -0.4 is 0 Å². The van der Waals surface area contributed by atoms with Gasteiger partial charge in [0.1, 0.15) is 59.9 Å². The van der Waals surface area contributed by atoms with Crippen LogP contribution in [0.2, 0.25) is 0 Å². The number of hydrogen-bond acceptors (Lipinski definition) is 20. The minimum absolute atomic E-state index is 0. The number of unbranched alkanes of at least 4 members (excludes halogenated alkanes) is 22. The molecular weight excluding hydrogens is 1070 g/mol. The second-order valence-electron chi connectivity index (χ2n) is 20.2. The fourth-order valence-electron chi connectivity index (χ4n) is 7.94. The maximum atomic E-state index is 12.2. The summed E-state index contributed by atoms with van der Waals surface area (Å²) in [6.45, 7) is 0.223. The maximum Gasteiger partial charge on any atom is 2.00 e. The van der Waals surface area contributed by atoms with Crippen molar-refractivity contribution in [2.45, 2.75) is 217 Å². The van der Waals surface area contributed by atoms with E-state index in [4.69, 9.17) is 28.4 Å². The monoisotopic (exact) mass is 1160 g/mol. The van der Waals surface area contributed by atoms with Gasteiger partial charge in [-0.25, -0.2) is 16.8 Å². The van der Waals surface area contributed by atoms with Crippen molar-refractivity contribution in [3.05, 3.63) is 24.3 Å². The van der Waals surface area contributed by atoms with Gasteiger partial charge in [-0.15, -0.1) is 0 Å². The van der Waals surface area contributed by atoms with Gasteiger partial charge < -0.3 is 47.7 Å². The summed E-state index contributed by atoms with van der Waals surface area (Å²) >= 11 is 0. The van der Waals surface area contributed by atoms with Crippen LogP contribution in [0.15, 0.2) is 24.3 Å². The second kappa shape index (κ2) is 44.0. The van der Waals surface area contributed by atoms with Crippen molar-refractivity contribution in [3.63, 3.8) is 0 Å². The molecule has 0 saturated carbocycles. The summed E-state index contributed by atoms with van der Waals surface area (Å²) < 4.78 is 97.6. The van der Waals surface area contributed by atoms with Crippen LogP contribution in [0.5, 0.6) is 0 Å². The van der Waals surface area contributed by atoms with E-state index in [1.165, 1.54) is 77.0 Å². The minimum Gasteiger partial charge on any atom is -0.747 e. The van der Waals surface area contributed by atoms with Crippen LogP contribution in [0.3, 0.4) is 0 Å². The van der Waals surface area contributed by atoms with E-state index in [-0.39, 0.29) is 50.6 Å². The average Bonchev–Trinajstić information content (AvgIpc) is 3.49. The molecule has 0 aromatic carbocycles. The number of hydrogen-bond donors (Lipinski definition) is 2. The molecule has 2 heterocycles. The van der Waals surface area contributed by atoms with Crippen molar-refractivity contribution < 1.29 is 93.3 Å². The largest absolute Gasteiger partial charge is 2.00 e. The van der Waals surface area contributed by atoms with Gasteiger partial charge in [0.2, 0.25) is 0 Å². The fourth-order valence-corrected chi connectivity index (χ4v) is 9.23. The van der Waals surface area contributed by atoms with E-state index in [0.29, 0.717) is 12.8 Å². The van der Waals surface area contributed by atoms with Crippen molar-refractivity contribution in [2.24, 2.45) is 10.8 Å². The first-order valence-corrected chi connectivity index (χ1v) is 30.6. The second-order valence-corrected chi connectivity index (χ2v) is 23.3. The molecule has 2 aliphatic heterocycles. The Labute approximate surface area is 488 Å². The quantitative estimate of drug-likeness (QED) is 0.0151. The molecule has 0 aliphatic carbocycles. The molecule has 2 saturated heterocycles. The van der Waals surface area contributed by atoms with Gasteiger partial charge in [0, 0.05) is 12.8 Å². The standard InChI is InChI=1S/2C27H46O10S.Ca/c2*1-2-3-4-5-6-7-8-9-10-11-12-13-14-15-16-17-24(29)35-20-27(19-28)21-36-25(30)18-23(38(32,33)34)26(31)37-22-27;/h2*9-10,23,28H,2-8,11-22H2,1H3,(H,32,33,34);/q;;+2/p-2/b2*10-9-;. The molecule has 0 aromatic rings. The molecule has 2 N–H and O–H groups in total. The van der Waals surface area contributed by atoms with Crippen molar-refractivity contribution >= 4 is 93.8 Å². The zero-order valence-electron chi connectivity index (χ0n) is 46.1. The van der Waals surface area contributed by atoms with E-state index in [1.54, 1.807) is 0 Å². The predicted molar refractivity (Wildman–Crippen MR) is 286 cm³/mol. The Morgan fingerprint density at radius 3 is 1.05 bits per heavy atom. The Morgan fingerprint density at radius 1 is 0.494 bits per heavy atom. The molecular formula is C54H90CaO20S2. The smallest absolute Gasteiger partial charge is 0.747 e. The van der Waals surface area contributed by atoms with Crippen LogP contribution >= 0.6 is 0 Å². The van der Waals surface area contributed by atoms with Crippen molar-refractivity contribution in [1.29, 1.82) is 0 Å². The van der Waals surface area contributed by atoms with Crippen molar-refractivity contribution in [1.82, 2.24) is 0 Å². The van der Waals surface area contributed by atoms with E-state index in [9.17, 15) is 64.9 Å². The van der Waals surface area contributed by atoms with Gasteiger partial charge in [-0.1, -0.05) is 141 Å². The van der Waals surface area contributed by atoms with Crippen LogP contribution in [0.4, 0.5) is 0 Å². The molecule has 2 aliphatic rings. The van der Waals surface area contributed by atoms with E-state index in [1.807, 2.05) is 0 Å². The van der Waals surface area contributed by atoms with Gasteiger partial charge in [0.05, 0.1) is 36.9 Å².